The number of aromatic nitrogens is 2. The Morgan fingerprint density at radius 3 is 2.70 bits per heavy atom. The van der Waals surface area contributed by atoms with E-state index in [9.17, 15) is 0 Å². The van der Waals surface area contributed by atoms with Crippen LogP contribution in [0.15, 0.2) is 12.4 Å². The number of rotatable bonds is 4. The molecule has 20 heavy (non-hydrogen) atoms. The van der Waals surface area contributed by atoms with Gasteiger partial charge in [0.2, 0.25) is 0 Å². The molecule has 0 bridgehead atoms. The molecule has 1 fully saturated rings. The summed E-state index contributed by atoms with van der Waals surface area (Å²) in [5, 5.41) is 11.1. The van der Waals surface area contributed by atoms with Crippen molar-refractivity contribution in [1.82, 2.24) is 14.7 Å². The van der Waals surface area contributed by atoms with Gasteiger partial charge in [0.15, 0.2) is 0 Å². The van der Waals surface area contributed by atoms with Crippen molar-refractivity contribution in [2.45, 2.75) is 45.6 Å². The molecule has 1 aliphatic rings. The van der Waals surface area contributed by atoms with Crippen molar-refractivity contribution in [3.05, 3.63) is 18.0 Å². The lowest BCUT2D eigenvalue weighted by molar-refractivity contribution is -0.122. The quantitative estimate of drug-likeness (QED) is 0.859. The fourth-order valence-corrected chi connectivity index (χ4v) is 2.86. The zero-order chi connectivity index (χ0) is 15.2. The van der Waals surface area contributed by atoms with Gasteiger partial charge in [-0.3, -0.25) is 9.48 Å². The molecule has 1 N–H and O–H groups in total. The molecule has 2 rings (SSSR count). The van der Waals surface area contributed by atoms with Crippen LogP contribution in [0.2, 0.25) is 0 Å². The van der Waals surface area contributed by atoms with E-state index >= 15 is 0 Å². The molecule has 1 heterocycles. The normalized spacial score (nSPS) is 20.6. The fourth-order valence-electron chi connectivity index (χ4n) is 2.86. The summed E-state index contributed by atoms with van der Waals surface area (Å²) in [6.45, 7) is 5.68. The van der Waals surface area contributed by atoms with Crippen molar-refractivity contribution >= 4 is 6.47 Å². The van der Waals surface area contributed by atoms with E-state index < -0.39 is 0 Å². The van der Waals surface area contributed by atoms with Crippen LogP contribution in [0.5, 0.6) is 0 Å². The molecule has 0 saturated heterocycles. The topological polar surface area (TPSA) is 58.4 Å². The number of hydrogen-bond donors (Lipinski definition) is 1. The van der Waals surface area contributed by atoms with Crippen LogP contribution in [0.4, 0.5) is 0 Å². The van der Waals surface area contributed by atoms with Crippen LogP contribution in [0.3, 0.4) is 0 Å². The zero-order valence-electron chi connectivity index (χ0n) is 13.0. The zero-order valence-corrected chi connectivity index (χ0v) is 13.0. The first-order valence-electron chi connectivity index (χ1n) is 7.13. The van der Waals surface area contributed by atoms with Crippen LogP contribution in [0, 0.1) is 5.41 Å². The largest absolute Gasteiger partial charge is 0.483 e. The highest BCUT2D eigenvalue weighted by molar-refractivity contribution is 5.32. The lowest BCUT2D eigenvalue weighted by Crippen LogP contribution is -2.32. The van der Waals surface area contributed by atoms with Crippen molar-refractivity contribution in [1.29, 1.82) is 0 Å². The van der Waals surface area contributed by atoms with Crippen molar-refractivity contribution in [3.8, 4) is 0 Å². The van der Waals surface area contributed by atoms with E-state index in [1.165, 1.54) is 24.8 Å². The van der Waals surface area contributed by atoms with Crippen LogP contribution in [0.25, 0.3) is 0 Å². The number of hydrogen-bond acceptors (Lipinski definition) is 3. The Morgan fingerprint density at radius 1 is 1.60 bits per heavy atom. The molecule has 114 valence electrons. The second-order valence-corrected chi connectivity index (χ2v) is 6.42. The van der Waals surface area contributed by atoms with Gasteiger partial charge in [0.1, 0.15) is 0 Å². The molecular formula is C15H27N3O2. The molecule has 1 saturated carbocycles. The average Bonchev–Trinajstić information content (AvgIpc) is 2.93. The highest BCUT2D eigenvalue weighted by Crippen LogP contribution is 2.38. The van der Waals surface area contributed by atoms with E-state index in [4.69, 9.17) is 9.90 Å². The predicted molar refractivity (Wildman–Crippen MR) is 79.7 cm³/mol. The minimum Gasteiger partial charge on any atom is -0.483 e. The van der Waals surface area contributed by atoms with Crippen molar-refractivity contribution in [2.75, 3.05) is 13.6 Å². The SMILES string of the molecule is CN(CCc1cnn(C)c1)C1CCC(C)(C)C1.O=CO. The molecule has 5 heteroatoms. The van der Waals surface area contributed by atoms with Crippen LogP contribution in [0.1, 0.15) is 38.7 Å². The number of carboxylic acid groups (broad SMARTS) is 1. The Morgan fingerprint density at radius 2 is 2.25 bits per heavy atom. The number of aryl methyl sites for hydroxylation is 1. The maximum Gasteiger partial charge on any atom is 0.290 e. The molecule has 1 aromatic rings. The number of carbonyl (C=O) groups is 1. The summed E-state index contributed by atoms with van der Waals surface area (Å²) in [6, 6.07) is 0.779. The Hall–Kier alpha value is -1.36. The van der Waals surface area contributed by atoms with Gasteiger partial charge in [0.25, 0.3) is 6.47 Å². The molecule has 1 unspecified atom stereocenters. The third kappa shape index (κ3) is 5.33. The van der Waals surface area contributed by atoms with Gasteiger partial charge < -0.3 is 10.0 Å². The predicted octanol–water partition coefficient (Wildman–Crippen LogP) is 2.17. The Balaban J connectivity index is 0.000000612. The lowest BCUT2D eigenvalue weighted by Gasteiger charge is -2.25. The molecule has 0 aromatic carbocycles. The second-order valence-electron chi connectivity index (χ2n) is 6.42. The average molecular weight is 281 g/mol. The van der Waals surface area contributed by atoms with Crippen molar-refractivity contribution in [3.63, 3.8) is 0 Å². The van der Waals surface area contributed by atoms with Gasteiger partial charge in [-0.15, -0.1) is 0 Å². The summed E-state index contributed by atoms with van der Waals surface area (Å²) in [5.41, 5.74) is 1.89. The lowest BCUT2D eigenvalue weighted by atomic mass is 9.91. The fraction of sp³-hybridized carbons (Fsp3) is 0.733. The summed E-state index contributed by atoms with van der Waals surface area (Å²) in [6.07, 6.45) is 9.28. The Kier molecular flexibility index (Phi) is 6.20. The maximum atomic E-state index is 8.36. The van der Waals surface area contributed by atoms with E-state index in [0.717, 1.165) is 19.0 Å². The van der Waals surface area contributed by atoms with E-state index in [1.54, 1.807) is 0 Å². The molecule has 5 nitrogen and oxygen atoms in total. The van der Waals surface area contributed by atoms with E-state index in [1.807, 2.05) is 17.9 Å². The first-order chi connectivity index (χ1) is 9.38. The van der Waals surface area contributed by atoms with Crippen molar-refractivity contribution in [2.24, 2.45) is 12.5 Å². The summed E-state index contributed by atoms with van der Waals surface area (Å²) in [7, 11) is 4.25. The van der Waals surface area contributed by atoms with Gasteiger partial charge in [-0.1, -0.05) is 13.8 Å². The van der Waals surface area contributed by atoms with Crippen LogP contribution in [-0.4, -0.2) is 45.9 Å². The third-order valence-electron chi connectivity index (χ3n) is 4.08. The van der Waals surface area contributed by atoms with Crippen LogP contribution < -0.4 is 0 Å². The summed E-state index contributed by atoms with van der Waals surface area (Å²) < 4.78 is 1.88. The van der Waals surface area contributed by atoms with Crippen LogP contribution >= 0.6 is 0 Å². The first kappa shape index (κ1) is 16.7. The van der Waals surface area contributed by atoms with E-state index in [2.05, 4.69) is 37.1 Å². The summed E-state index contributed by atoms with van der Waals surface area (Å²) in [4.78, 5) is 10.9. The molecule has 0 spiro atoms. The minimum atomic E-state index is -0.250. The highest BCUT2D eigenvalue weighted by atomic mass is 16.3. The summed E-state index contributed by atoms with van der Waals surface area (Å²) >= 11 is 0. The van der Waals surface area contributed by atoms with Gasteiger partial charge in [0, 0.05) is 25.8 Å². The monoisotopic (exact) mass is 281 g/mol. The van der Waals surface area contributed by atoms with Crippen LogP contribution in [-0.2, 0) is 18.3 Å². The highest BCUT2D eigenvalue weighted by Gasteiger charge is 2.32. The molecule has 1 aliphatic carbocycles. The van der Waals surface area contributed by atoms with Gasteiger partial charge in [-0.25, -0.2) is 0 Å². The molecule has 1 atom stereocenters. The minimum absolute atomic E-state index is 0.250. The van der Waals surface area contributed by atoms with E-state index in [-0.39, 0.29) is 6.47 Å². The van der Waals surface area contributed by atoms with Gasteiger partial charge in [-0.05, 0) is 43.7 Å². The van der Waals surface area contributed by atoms with Gasteiger partial charge >= 0.3 is 0 Å². The molecule has 0 amide bonds. The van der Waals surface area contributed by atoms with Gasteiger partial charge in [-0.2, -0.15) is 5.10 Å². The smallest absolute Gasteiger partial charge is 0.290 e. The van der Waals surface area contributed by atoms with Crippen molar-refractivity contribution < 1.29 is 9.90 Å². The van der Waals surface area contributed by atoms with Gasteiger partial charge in [0.05, 0.1) is 6.20 Å². The third-order valence-corrected chi connectivity index (χ3v) is 4.08. The Labute approximate surface area is 121 Å². The molecular weight excluding hydrogens is 254 g/mol. The first-order valence-corrected chi connectivity index (χ1v) is 7.13. The molecule has 1 aromatic heterocycles. The molecule has 0 aliphatic heterocycles. The number of nitrogens with zero attached hydrogens (tertiary/aromatic N) is 3. The standard InChI is InChI=1S/C14H25N3.CH2O2/c1-14(2)7-5-13(9-14)16(3)8-6-12-10-15-17(4)11-12;2-1-3/h10-11,13H,5-9H2,1-4H3;1H,(H,2,3). The molecule has 0 radical (unpaired) electrons. The van der Waals surface area contributed by atoms with E-state index in [0.29, 0.717) is 5.41 Å². The summed E-state index contributed by atoms with van der Waals surface area (Å²) in [5.74, 6) is 0. The second kappa shape index (κ2) is 7.43. The maximum absolute atomic E-state index is 8.36. The Bertz CT molecular complexity index is 415. The number of likely N-dealkylation sites (N-methyl/N-ethyl adjacent to an activating group) is 1.